The van der Waals surface area contributed by atoms with Gasteiger partial charge in [-0.05, 0) is 19.1 Å². The van der Waals surface area contributed by atoms with Gasteiger partial charge in [-0.3, -0.25) is 4.79 Å². The van der Waals surface area contributed by atoms with Crippen molar-refractivity contribution in [2.45, 2.75) is 13.0 Å². The van der Waals surface area contributed by atoms with Gasteiger partial charge < -0.3 is 15.0 Å². The fourth-order valence-electron chi connectivity index (χ4n) is 1.59. The molecule has 0 saturated carbocycles. The topological polar surface area (TPSA) is 97.1 Å². The van der Waals surface area contributed by atoms with Crippen molar-refractivity contribution in [3.05, 3.63) is 34.0 Å². The molecule has 0 radical (unpaired) electrons. The lowest BCUT2D eigenvalue weighted by atomic mass is 10.3. The molecule has 1 unspecified atom stereocenters. The van der Waals surface area contributed by atoms with E-state index in [4.69, 9.17) is 5.11 Å². The molecular formula is C11H12N4O3S. The zero-order valence-corrected chi connectivity index (χ0v) is 11.1. The standard InChI is InChI=1S/C11H12N4O3S/c1-6(9-14-12-5-15(9)2)13-10(16)7-3-4-8(19-7)11(17)18/h3-6H,1-2H3,(H,13,16)(H,17,18). The van der Waals surface area contributed by atoms with Gasteiger partial charge in [-0.25, -0.2) is 4.79 Å². The van der Waals surface area contributed by atoms with Crippen LogP contribution in [0.2, 0.25) is 0 Å². The highest BCUT2D eigenvalue weighted by atomic mass is 32.1. The van der Waals surface area contributed by atoms with Crippen LogP contribution in [-0.2, 0) is 7.05 Å². The molecule has 7 nitrogen and oxygen atoms in total. The first-order chi connectivity index (χ1) is 8.99. The highest BCUT2D eigenvalue weighted by Gasteiger charge is 2.17. The predicted octanol–water partition coefficient (Wildman–Crippen LogP) is 1.07. The van der Waals surface area contributed by atoms with Gasteiger partial charge in [0.1, 0.15) is 11.2 Å². The number of hydrogen-bond acceptors (Lipinski definition) is 5. The molecule has 2 aromatic rings. The Kier molecular flexibility index (Phi) is 3.61. The molecule has 2 rings (SSSR count). The summed E-state index contributed by atoms with van der Waals surface area (Å²) in [6.45, 7) is 1.79. The maximum atomic E-state index is 11.9. The molecule has 2 N–H and O–H groups in total. The molecular weight excluding hydrogens is 268 g/mol. The molecule has 0 bridgehead atoms. The number of rotatable bonds is 4. The van der Waals surface area contributed by atoms with Crippen LogP contribution in [0, 0.1) is 0 Å². The number of aromatic nitrogens is 3. The lowest BCUT2D eigenvalue weighted by Crippen LogP contribution is -2.27. The van der Waals surface area contributed by atoms with Crippen LogP contribution in [0.3, 0.4) is 0 Å². The number of carbonyl (C=O) groups is 2. The van der Waals surface area contributed by atoms with Gasteiger partial charge >= 0.3 is 5.97 Å². The molecule has 0 aliphatic carbocycles. The summed E-state index contributed by atoms with van der Waals surface area (Å²) in [6, 6.07) is 2.59. The number of nitrogens with zero attached hydrogens (tertiary/aromatic N) is 3. The monoisotopic (exact) mass is 280 g/mol. The second-order valence-electron chi connectivity index (χ2n) is 3.96. The van der Waals surface area contributed by atoms with E-state index in [0.717, 1.165) is 11.3 Å². The van der Waals surface area contributed by atoms with Crippen LogP contribution < -0.4 is 5.32 Å². The van der Waals surface area contributed by atoms with Crippen molar-refractivity contribution in [1.82, 2.24) is 20.1 Å². The molecule has 0 aliphatic rings. The number of hydrogen-bond donors (Lipinski definition) is 2. The van der Waals surface area contributed by atoms with Crippen molar-refractivity contribution in [3.63, 3.8) is 0 Å². The Bertz CT molecular complexity index is 619. The molecule has 0 aromatic carbocycles. The molecule has 0 aliphatic heterocycles. The lowest BCUT2D eigenvalue weighted by molar-refractivity contribution is 0.0702. The zero-order valence-electron chi connectivity index (χ0n) is 10.3. The van der Waals surface area contributed by atoms with E-state index in [2.05, 4.69) is 15.5 Å². The third-order valence-electron chi connectivity index (χ3n) is 2.52. The van der Waals surface area contributed by atoms with Crippen molar-refractivity contribution in [3.8, 4) is 0 Å². The minimum absolute atomic E-state index is 0.136. The van der Waals surface area contributed by atoms with E-state index in [-0.39, 0.29) is 16.8 Å². The Morgan fingerprint density at radius 3 is 2.63 bits per heavy atom. The normalized spacial score (nSPS) is 12.1. The molecule has 0 spiro atoms. The van der Waals surface area contributed by atoms with Gasteiger partial charge in [0.25, 0.3) is 5.91 Å². The number of aryl methyl sites for hydroxylation is 1. The van der Waals surface area contributed by atoms with Crippen molar-refractivity contribution in [2.75, 3.05) is 0 Å². The van der Waals surface area contributed by atoms with E-state index in [0.29, 0.717) is 10.7 Å². The predicted molar refractivity (Wildman–Crippen MR) is 68.2 cm³/mol. The van der Waals surface area contributed by atoms with Crippen molar-refractivity contribution in [2.24, 2.45) is 7.05 Å². The summed E-state index contributed by atoms with van der Waals surface area (Å²) in [5.74, 6) is -0.734. The third-order valence-corrected chi connectivity index (χ3v) is 3.59. The first-order valence-electron chi connectivity index (χ1n) is 5.47. The van der Waals surface area contributed by atoms with E-state index in [1.807, 2.05) is 0 Å². The Morgan fingerprint density at radius 1 is 1.42 bits per heavy atom. The zero-order chi connectivity index (χ0) is 14.0. The largest absolute Gasteiger partial charge is 0.477 e. The van der Waals surface area contributed by atoms with Crippen LogP contribution in [0.15, 0.2) is 18.5 Å². The summed E-state index contributed by atoms with van der Waals surface area (Å²) in [5, 5.41) is 19.2. The first-order valence-corrected chi connectivity index (χ1v) is 6.28. The van der Waals surface area contributed by atoms with Gasteiger partial charge in [0, 0.05) is 7.05 Å². The highest BCUT2D eigenvalue weighted by Crippen LogP contribution is 2.17. The first kappa shape index (κ1) is 13.2. The molecule has 1 amide bonds. The van der Waals surface area contributed by atoms with Gasteiger partial charge in [-0.15, -0.1) is 21.5 Å². The van der Waals surface area contributed by atoms with Gasteiger partial charge in [0.05, 0.1) is 10.9 Å². The van der Waals surface area contributed by atoms with Gasteiger partial charge in [0.15, 0.2) is 5.82 Å². The molecule has 0 fully saturated rings. The quantitative estimate of drug-likeness (QED) is 0.873. The van der Waals surface area contributed by atoms with Gasteiger partial charge in [-0.2, -0.15) is 0 Å². The van der Waals surface area contributed by atoms with E-state index < -0.39 is 5.97 Å². The molecule has 8 heteroatoms. The number of nitrogens with one attached hydrogen (secondary N) is 1. The smallest absolute Gasteiger partial charge is 0.345 e. The van der Waals surface area contributed by atoms with Gasteiger partial charge in [0.2, 0.25) is 0 Å². The van der Waals surface area contributed by atoms with Crippen LogP contribution in [0.25, 0.3) is 0 Å². The molecule has 1 atom stereocenters. The van der Waals surface area contributed by atoms with Crippen LogP contribution >= 0.6 is 11.3 Å². The van der Waals surface area contributed by atoms with Crippen LogP contribution in [-0.4, -0.2) is 31.7 Å². The summed E-state index contributed by atoms with van der Waals surface area (Å²) >= 11 is 0.938. The fraction of sp³-hybridized carbons (Fsp3) is 0.273. The molecule has 0 saturated heterocycles. The number of thiophene rings is 1. The third kappa shape index (κ3) is 2.79. The van der Waals surface area contributed by atoms with Crippen LogP contribution in [0.5, 0.6) is 0 Å². The van der Waals surface area contributed by atoms with Crippen LogP contribution in [0.4, 0.5) is 0 Å². The van der Waals surface area contributed by atoms with Gasteiger partial charge in [-0.1, -0.05) is 0 Å². The second-order valence-corrected chi connectivity index (χ2v) is 5.05. The summed E-state index contributed by atoms with van der Waals surface area (Å²) in [5.41, 5.74) is 0. The van der Waals surface area contributed by atoms with Crippen molar-refractivity contribution < 1.29 is 14.7 Å². The summed E-state index contributed by atoms with van der Waals surface area (Å²) < 4.78 is 1.71. The number of amides is 1. The minimum Gasteiger partial charge on any atom is -0.477 e. The Hall–Kier alpha value is -2.22. The number of aromatic carboxylic acids is 1. The van der Waals surface area contributed by atoms with E-state index in [1.54, 1.807) is 24.9 Å². The van der Waals surface area contributed by atoms with Crippen molar-refractivity contribution in [1.29, 1.82) is 0 Å². The van der Waals surface area contributed by atoms with E-state index in [1.165, 1.54) is 12.1 Å². The molecule has 2 aromatic heterocycles. The summed E-state index contributed by atoms with van der Waals surface area (Å²) in [7, 11) is 1.78. The van der Waals surface area contributed by atoms with Crippen molar-refractivity contribution >= 4 is 23.2 Å². The highest BCUT2D eigenvalue weighted by molar-refractivity contribution is 7.15. The average Bonchev–Trinajstić information content (AvgIpc) is 2.96. The maximum absolute atomic E-state index is 11.9. The fourth-order valence-corrected chi connectivity index (χ4v) is 2.34. The Morgan fingerprint density at radius 2 is 2.11 bits per heavy atom. The Labute approximate surface area is 112 Å². The number of carbonyl (C=O) groups excluding carboxylic acids is 1. The lowest BCUT2D eigenvalue weighted by Gasteiger charge is -2.11. The second kappa shape index (κ2) is 5.19. The SMILES string of the molecule is CC(NC(=O)c1ccc(C(=O)O)s1)c1nncn1C. The Balaban J connectivity index is 2.08. The van der Waals surface area contributed by atoms with E-state index in [9.17, 15) is 9.59 Å². The average molecular weight is 280 g/mol. The maximum Gasteiger partial charge on any atom is 0.345 e. The van der Waals surface area contributed by atoms with Crippen LogP contribution in [0.1, 0.15) is 38.1 Å². The summed E-state index contributed by atoms with van der Waals surface area (Å²) in [4.78, 5) is 23.2. The number of carboxylic acid groups (broad SMARTS) is 1. The molecule has 2 heterocycles. The summed E-state index contributed by atoms with van der Waals surface area (Å²) in [6.07, 6.45) is 1.55. The molecule has 19 heavy (non-hydrogen) atoms. The number of carboxylic acids is 1. The van der Waals surface area contributed by atoms with E-state index >= 15 is 0 Å². The molecule has 100 valence electrons. The minimum atomic E-state index is -1.04.